The van der Waals surface area contributed by atoms with E-state index < -0.39 is 9.84 Å². The van der Waals surface area contributed by atoms with Crippen molar-refractivity contribution in [3.8, 4) is 0 Å². The highest BCUT2D eigenvalue weighted by molar-refractivity contribution is 7.91. The lowest BCUT2D eigenvalue weighted by Gasteiger charge is -2.31. The molecule has 2 heterocycles. The highest BCUT2D eigenvalue weighted by Crippen LogP contribution is 2.23. The molecule has 1 aliphatic heterocycles. The summed E-state index contributed by atoms with van der Waals surface area (Å²) in [6.45, 7) is 4.24. The first-order chi connectivity index (χ1) is 10.3. The second-order valence-electron chi connectivity index (χ2n) is 6.18. The predicted molar refractivity (Wildman–Crippen MR) is 91.2 cm³/mol. The van der Waals surface area contributed by atoms with Gasteiger partial charge in [0, 0.05) is 29.3 Å². The minimum absolute atomic E-state index is 0.0844. The molecular weight excluding hydrogens is 318 g/mol. The van der Waals surface area contributed by atoms with Crippen LogP contribution in [0.5, 0.6) is 0 Å². The second-order valence-corrected chi connectivity index (χ2v) is 9.94. The molecule has 0 atom stereocenters. The summed E-state index contributed by atoms with van der Waals surface area (Å²) < 4.78 is 22.9. The molecule has 0 radical (unpaired) electrons. The molecule has 1 saturated heterocycles. The topological polar surface area (TPSA) is 54.5 Å². The number of hydrogen-bond acceptors (Lipinski definition) is 4. The zero-order valence-corrected chi connectivity index (χ0v) is 15.2. The quantitative estimate of drug-likeness (QED) is 0.826. The third kappa shape index (κ3) is 4.56. The van der Waals surface area contributed by atoms with Crippen molar-refractivity contribution in [3.05, 3.63) is 21.4 Å². The Balaban J connectivity index is 1.78. The molecule has 6 heteroatoms. The van der Waals surface area contributed by atoms with Crippen LogP contribution in [0.4, 0.5) is 0 Å². The summed E-state index contributed by atoms with van der Waals surface area (Å²) in [5, 5.41) is 0. The van der Waals surface area contributed by atoms with Crippen LogP contribution in [-0.4, -0.2) is 43.8 Å². The van der Waals surface area contributed by atoms with Crippen molar-refractivity contribution < 1.29 is 13.2 Å². The number of thiophene rings is 1. The fraction of sp³-hybridized carbons (Fsp3) is 0.688. The van der Waals surface area contributed by atoms with Gasteiger partial charge in [0.25, 0.3) is 0 Å². The molecule has 1 aliphatic rings. The average molecular weight is 344 g/mol. The molecule has 1 aromatic rings. The lowest BCUT2D eigenvalue weighted by molar-refractivity contribution is -0.132. The van der Waals surface area contributed by atoms with Crippen LogP contribution in [0.3, 0.4) is 0 Å². The molecule has 124 valence electrons. The van der Waals surface area contributed by atoms with E-state index in [9.17, 15) is 13.2 Å². The van der Waals surface area contributed by atoms with Gasteiger partial charge in [-0.05, 0) is 51.2 Å². The lowest BCUT2D eigenvalue weighted by atomic mass is 10.1. The summed E-state index contributed by atoms with van der Waals surface area (Å²) in [6.07, 6.45) is 3.48. The van der Waals surface area contributed by atoms with E-state index in [1.807, 2.05) is 7.05 Å². The molecule has 0 bridgehead atoms. The number of aryl methyl sites for hydroxylation is 3. The van der Waals surface area contributed by atoms with Gasteiger partial charge in [-0.2, -0.15) is 0 Å². The normalized spacial score (nSPS) is 18.3. The van der Waals surface area contributed by atoms with Crippen LogP contribution in [0.2, 0.25) is 0 Å². The Kier molecular flexibility index (Phi) is 5.66. The Morgan fingerprint density at radius 1 is 1.32 bits per heavy atom. The maximum Gasteiger partial charge on any atom is 0.222 e. The summed E-state index contributed by atoms with van der Waals surface area (Å²) in [5.41, 5.74) is 1.35. The van der Waals surface area contributed by atoms with Crippen molar-refractivity contribution in [1.82, 2.24) is 4.90 Å². The Morgan fingerprint density at radius 3 is 2.50 bits per heavy atom. The van der Waals surface area contributed by atoms with Crippen LogP contribution >= 0.6 is 11.3 Å². The number of amides is 1. The van der Waals surface area contributed by atoms with Gasteiger partial charge in [0.2, 0.25) is 5.91 Å². The van der Waals surface area contributed by atoms with E-state index in [0.717, 1.165) is 12.8 Å². The van der Waals surface area contributed by atoms with Crippen LogP contribution < -0.4 is 0 Å². The van der Waals surface area contributed by atoms with Crippen LogP contribution in [0.15, 0.2) is 6.07 Å². The minimum Gasteiger partial charge on any atom is -0.343 e. The van der Waals surface area contributed by atoms with Crippen LogP contribution in [0, 0.1) is 13.8 Å². The maximum atomic E-state index is 12.3. The van der Waals surface area contributed by atoms with Gasteiger partial charge < -0.3 is 4.90 Å². The van der Waals surface area contributed by atoms with E-state index in [0.29, 0.717) is 19.3 Å². The van der Waals surface area contributed by atoms with Crippen molar-refractivity contribution in [3.63, 3.8) is 0 Å². The second kappa shape index (κ2) is 7.13. The summed E-state index contributed by atoms with van der Waals surface area (Å²) in [7, 11) is -1.06. The molecule has 0 aliphatic carbocycles. The molecule has 0 unspecified atom stereocenters. The molecule has 0 aromatic carbocycles. The molecule has 0 N–H and O–H groups in total. The van der Waals surface area contributed by atoms with Gasteiger partial charge in [-0.1, -0.05) is 0 Å². The molecule has 1 aromatic heterocycles. The van der Waals surface area contributed by atoms with Gasteiger partial charge >= 0.3 is 0 Å². The SMILES string of the molecule is Cc1cc(CCCC(=O)N(C)C2CCS(=O)(=O)CC2)c(C)s1. The van der Waals surface area contributed by atoms with Crippen molar-refractivity contribution in [2.45, 2.75) is 52.0 Å². The van der Waals surface area contributed by atoms with Crippen molar-refractivity contribution in [2.75, 3.05) is 18.6 Å². The first-order valence-electron chi connectivity index (χ1n) is 7.80. The first-order valence-corrected chi connectivity index (χ1v) is 10.4. The Morgan fingerprint density at radius 2 is 1.95 bits per heavy atom. The summed E-state index contributed by atoms with van der Waals surface area (Å²) in [4.78, 5) is 16.7. The van der Waals surface area contributed by atoms with E-state index in [2.05, 4.69) is 19.9 Å². The highest BCUT2D eigenvalue weighted by Gasteiger charge is 2.28. The molecule has 0 spiro atoms. The standard InChI is InChI=1S/C16H25NO3S2/c1-12-11-14(13(2)21-12)5-4-6-16(18)17(3)15-7-9-22(19,20)10-8-15/h11,15H,4-10H2,1-3H3. The minimum atomic E-state index is -2.87. The van der Waals surface area contributed by atoms with Crippen molar-refractivity contribution >= 4 is 27.1 Å². The number of carbonyl (C=O) groups excluding carboxylic acids is 1. The van der Waals surface area contributed by atoms with Gasteiger partial charge in [-0.3, -0.25) is 4.79 Å². The van der Waals surface area contributed by atoms with Gasteiger partial charge in [0.1, 0.15) is 9.84 Å². The van der Waals surface area contributed by atoms with Gasteiger partial charge in [0.05, 0.1) is 11.5 Å². The number of sulfone groups is 1. The fourth-order valence-electron chi connectivity index (χ4n) is 3.01. The third-order valence-electron chi connectivity index (χ3n) is 4.45. The zero-order chi connectivity index (χ0) is 16.3. The Hall–Kier alpha value is -0.880. The van der Waals surface area contributed by atoms with Crippen molar-refractivity contribution in [2.24, 2.45) is 0 Å². The molecule has 1 amide bonds. The Labute approximate surface area is 137 Å². The van der Waals surface area contributed by atoms with Gasteiger partial charge in [-0.25, -0.2) is 8.42 Å². The van der Waals surface area contributed by atoms with E-state index >= 15 is 0 Å². The zero-order valence-electron chi connectivity index (χ0n) is 13.6. The van der Waals surface area contributed by atoms with Crippen molar-refractivity contribution in [1.29, 1.82) is 0 Å². The summed E-state index contributed by atoms with van der Waals surface area (Å²) in [6, 6.07) is 2.29. The van der Waals surface area contributed by atoms with Gasteiger partial charge in [-0.15, -0.1) is 11.3 Å². The Bertz CT molecular complexity index is 620. The number of rotatable bonds is 5. The lowest BCUT2D eigenvalue weighted by Crippen LogP contribution is -2.42. The monoisotopic (exact) mass is 343 g/mol. The van der Waals surface area contributed by atoms with Crippen LogP contribution in [-0.2, 0) is 21.1 Å². The van der Waals surface area contributed by atoms with E-state index in [1.165, 1.54) is 15.3 Å². The predicted octanol–water partition coefficient (Wildman–Crippen LogP) is 2.72. The van der Waals surface area contributed by atoms with Gasteiger partial charge in [0.15, 0.2) is 0 Å². The van der Waals surface area contributed by atoms with E-state index in [4.69, 9.17) is 0 Å². The molecule has 22 heavy (non-hydrogen) atoms. The number of hydrogen-bond donors (Lipinski definition) is 0. The fourth-order valence-corrected chi connectivity index (χ4v) is 5.45. The molecule has 4 nitrogen and oxygen atoms in total. The van der Waals surface area contributed by atoms with Crippen LogP contribution in [0.25, 0.3) is 0 Å². The van der Waals surface area contributed by atoms with Crippen LogP contribution in [0.1, 0.15) is 41.0 Å². The number of carbonyl (C=O) groups is 1. The average Bonchev–Trinajstić information content (AvgIpc) is 2.76. The largest absolute Gasteiger partial charge is 0.343 e. The molecule has 0 saturated carbocycles. The highest BCUT2D eigenvalue weighted by atomic mass is 32.2. The molecular formula is C16H25NO3S2. The summed E-state index contributed by atoms with van der Waals surface area (Å²) in [5.74, 6) is 0.555. The molecule has 1 fully saturated rings. The molecule has 2 rings (SSSR count). The van der Waals surface area contributed by atoms with E-state index in [1.54, 1.807) is 16.2 Å². The smallest absolute Gasteiger partial charge is 0.222 e. The number of nitrogens with zero attached hydrogens (tertiary/aromatic N) is 1. The summed E-state index contributed by atoms with van der Waals surface area (Å²) >= 11 is 1.80. The maximum absolute atomic E-state index is 12.3. The third-order valence-corrected chi connectivity index (χ3v) is 7.17. The first kappa shape index (κ1) is 17.5. The van der Waals surface area contributed by atoms with E-state index in [-0.39, 0.29) is 23.5 Å².